The Morgan fingerprint density at radius 3 is 2.30 bits per heavy atom. The van der Waals surface area contributed by atoms with E-state index >= 15 is 0 Å². The summed E-state index contributed by atoms with van der Waals surface area (Å²) in [6.45, 7) is -0.411. The van der Waals surface area contributed by atoms with E-state index in [0.29, 0.717) is 0 Å². The third-order valence-corrected chi connectivity index (χ3v) is 3.38. The highest BCUT2D eigenvalue weighted by Gasteiger charge is 2.42. The minimum Gasteiger partial charge on any atom is -0.389 e. The summed E-state index contributed by atoms with van der Waals surface area (Å²) >= 11 is 0. The molecule has 6 nitrogen and oxygen atoms in total. The van der Waals surface area contributed by atoms with Gasteiger partial charge in [0.1, 0.15) is 6.10 Å². The van der Waals surface area contributed by atoms with E-state index in [1.165, 1.54) is 0 Å². The molecule has 1 fully saturated rings. The maximum atomic E-state index is 12.2. The number of rotatable bonds is 4. The van der Waals surface area contributed by atoms with Gasteiger partial charge in [-0.1, -0.05) is 30.3 Å². The molecule has 1 aliphatic heterocycles. The fourth-order valence-electron chi connectivity index (χ4n) is 2.28. The topological polar surface area (TPSA) is 82.0 Å². The van der Waals surface area contributed by atoms with Crippen molar-refractivity contribution < 1.29 is 32.9 Å². The molecule has 3 atom stereocenters. The number of aliphatic hydroxyl groups is 2. The standard InChI is InChI=1S/C14H17F3N2O4/c15-14(16,17)13(22)18-19-6-10(20)12(11(21)7-19)23-8-9-4-2-1-3-5-9/h1-5,10-12,20-21H,6-8H2,(H,18,22)/t10-,11+,12?. The normalized spacial score (nSPS) is 26.0. The van der Waals surface area contributed by atoms with E-state index in [1.807, 2.05) is 6.07 Å². The number of carbonyl (C=O) groups excluding carboxylic acids is 1. The number of halogens is 3. The predicted molar refractivity (Wildman–Crippen MR) is 72.8 cm³/mol. The van der Waals surface area contributed by atoms with E-state index in [-0.39, 0.29) is 19.7 Å². The molecule has 23 heavy (non-hydrogen) atoms. The van der Waals surface area contributed by atoms with Crippen molar-refractivity contribution in [1.82, 2.24) is 10.4 Å². The molecule has 0 saturated carbocycles. The maximum absolute atomic E-state index is 12.2. The molecule has 1 unspecified atom stereocenters. The van der Waals surface area contributed by atoms with Gasteiger partial charge in [0.05, 0.1) is 18.8 Å². The van der Waals surface area contributed by atoms with Crippen molar-refractivity contribution in [3.8, 4) is 0 Å². The van der Waals surface area contributed by atoms with Gasteiger partial charge in [0.15, 0.2) is 0 Å². The number of β-amino-alcohol motifs (C(OH)–C–C–N with tert-alkyl or cyclic N) is 2. The van der Waals surface area contributed by atoms with Crippen molar-refractivity contribution in [2.24, 2.45) is 0 Å². The summed E-state index contributed by atoms with van der Waals surface area (Å²) in [4.78, 5) is 10.9. The highest BCUT2D eigenvalue weighted by atomic mass is 19.4. The second-order valence-corrected chi connectivity index (χ2v) is 5.24. The maximum Gasteiger partial charge on any atom is 0.472 e. The third-order valence-electron chi connectivity index (χ3n) is 3.38. The van der Waals surface area contributed by atoms with Gasteiger partial charge < -0.3 is 14.9 Å². The molecule has 0 aromatic heterocycles. The van der Waals surface area contributed by atoms with Crippen LogP contribution in [0.2, 0.25) is 0 Å². The third kappa shape index (κ3) is 4.90. The van der Waals surface area contributed by atoms with Gasteiger partial charge in [-0.15, -0.1) is 0 Å². The van der Waals surface area contributed by atoms with Crippen LogP contribution in [0.4, 0.5) is 13.2 Å². The van der Waals surface area contributed by atoms with Crippen molar-refractivity contribution in [2.75, 3.05) is 13.1 Å². The summed E-state index contributed by atoms with van der Waals surface area (Å²) in [5.41, 5.74) is 2.44. The predicted octanol–water partition coefficient (Wildman–Crippen LogP) is 0.203. The number of piperidine rings is 1. The first-order valence-corrected chi connectivity index (χ1v) is 6.92. The van der Waals surface area contributed by atoms with Gasteiger partial charge in [-0.3, -0.25) is 10.2 Å². The quantitative estimate of drug-likeness (QED) is 0.733. The average Bonchev–Trinajstić information content (AvgIpc) is 2.46. The summed E-state index contributed by atoms with van der Waals surface area (Å²) in [5, 5.41) is 20.7. The summed E-state index contributed by atoms with van der Waals surface area (Å²) in [7, 11) is 0. The molecule has 128 valence electrons. The van der Waals surface area contributed by atoms with Crippen LogP contribution < -0.4 is 5.43 Å². The van der Waals surface area contributed by atoms with E-state index in [9.17, 15) is 28.2 Å². The number of hydrogen-bond donors (Lipinski definition) is 3. The van der Waals surface area contributed by atoms with Crippen LogP contribution in [0, 0.1) is 0 Å². The second-order valence-electron chi connectivity index (χ2n) is 5.24. The summed E-state index contributed by atoms with van der Waals surface area (Å²) < 4.78 is 42.0. The Bertz CT molecular complexity index is 515. The van der Waals surface area contributed by atoms with E-state index in [4.69, 9.17) is 4.74 Å². The Morgan fingerprint density at radius 2 is 1.78 bits per heavy atom. The van der Waals surface area contributed by atoms with E-state index in [0.717, 1.165) is 10.6 Å². The first-order chi connectivity index (χ1) is 10.8. The number of ether oxygens (including phenoxy) is 1. The molecule has 1 amide bonds. The first kappa shape index (κ1) is 17.7. The lowest BCUT2D eigenvalue weighted by Gasteiger charge is -2.39. The number of nitrogens with zero attached hydrogens (tertiary/aromatic N) is 1. The summed E-state index contributed by atoms with van der Waals surface area (Å²) in [6.07, 6.45) is -8.46. The average molecular weight is 334 g/mol. The van der Waals surface area contributed by atoms with Gasteiger partial charge in [-0.25, -0.2) is 5.01 Å². The van der Waals surface area contributed by atoms with Crippen LogP contribution in [-0.2, 0) is 16.1 Å². The molecular weight excluding hydrogens is 317 g/mol. The zero-order chi connectivity index (χ0) is 17.0. The van der Waals surface area contributed by atoms with Crippen LogP contribution in [-0.4, -0.2) is 58.7 Å². The molecule has 2 rings (SSSR count). The monoisotopic (exact) mass is 334 g/mol. The van der Waals surface area contributed by atoms with Crippen LogP contribution in [0.5, 0.6) is 0 Å². The van der Waals surface area contributed by atoms with Gasteiger partial charge >= 0.3 is 12.1 Å². The minimum absolute atomic E-state index is 0.147. The Labute approximate surface area is 130 Å². The molecule has 1 aromatic carbocycles. The Kier molecular flexibility index (Phi) is 5.58. The number of amides is 1. The fourth-order valence-corrected chi connectivity index (χ4v) is 2.28. The highest BCUT2D eigenvalue weighted by molar-refractivity contribution is 5.81. The van der Waals surface area contributed by atoms with Crippen molar-refractivity contribution >= 4 is 5.91 Å². The number of nitrogens with one attached hydrogen (secondary N) is 1. The van der Waals surface area contributed by atoms with Gasteiger partial charge in [0.25, 0.3) is 0 Å². The van der Waals surface area contributed by atoms with Gasteiger partial charge in [-0.05, 0) is 5.56 Å². The van der Waals surface area contributed by atoms with Crippen LogP contribution >= 0.6 is 0 Å². The molecule has 0 spiro atoms. The van der Waals surface area contributed by atoms with Gasteiger partial charge in [0.2, 0.25) is 0 Å². The molecule has 1 aromatic rings. The largest absolute Gasteiger partial charge is 0.472 e. The van der Waals surface area contributed by atoms with Crippen LogP contribution in [0.1, 0.15) is 5.56 Å². The Hall–Kier alpha value is -1.68. The lowest BCUT2D eigenvalue weighted by atomic mass is 10.0. The van der Waals surface area contributed by atoms with E-state index < -0.39 is 30.4 Å². The van der Waals surface area contributed by atoms with Gasteiger partial charge in [0, 0.05) is 13.1 Å². The van der Waals surface area contributed by atoms with Gasteiger partial charge in [-0.2, -0.15) is 13.2 Å². The molecule has 0 bridgehead atoms. The van der Waals surface area contributed by atoms with E-state index in [1.54, 1.807) is 29.7 Å². The molecule has 0 aliphatic carbocycles. The number of benzene rings is 1. The molecule has 1 saturated heterocycles. The van der Waals surface area contributed by atoms with Crippen molar-refractivity contribution in [3.63, 3.8) is 0 Å². The van der Waals surface area contributed by atoms with Crippen LogP contribution in [0.3, 0.4) is 0 Å². The Morgan fingerprint density at radius 1 is 1.22 bits per heavy atom. The number of hydrazine groups is 1. The highest BCUT2D eigenvalue weighted by Crippen LogP contribution is 2.18. The number of hydrogen-bond acceptors (Lipinski definition) is 5. The van der Waals surface area contributed by atoms with E-state index in [2.05, 4.69) is 0 Å². The number of alkyl halides is 3. The zero-order valence-electron chi connectivity index (χ0n) is 12.0. The lowest BCUT2D eigenvalue weighted by Crippen LogP contribution is -2.62. The SMILES string of the molecule is O=C(NN1C[C@@H](O)C(OCc2ccccc2)[C@@H](O)C1)C(F)(F)F. The number of carbonyl (C=O) groups is 1. The van der Waals surface area contributed by atoms with Crippen LogP contribution in [0.25, 0.3) is 0 Å². The fraction of sp³-hybridized carbons (Fsp3) is 0.500. The second kappa shape index (κ2) is 7.26. The summed E-state index contributed by atoms with van der Waals surface area (Å²) in [6, 6.07) is 9.05. The van der Waals surface area contributed by atoms with Crippen molar-refractivity contribution in [1.29, 1.82) is 0 Å². The molecular formula is C14H17F3N2O4. The lowest BCUT2D eigenvalue weighted by molar-refractivity contribution is -0.187. The zero-order valence-corrected chi connectivity index (χ0v) is 12.0. The van der Waals surface area contributed by atoms with Crippen LogP contribution in [0.15, 0.2) is 30.3 Å². The Balaban J connectivity index is 1.88. The first-order valence-electron chi connectivity index (χ1n) is 6.92. The molecule has 9 heteroatoms. The molecule has 1 heterocycles. The number of aliphatic hydroxyl groups excluding tert-OH is 2. The van der Waals surface area contributed by atoms with Crippen molar-refractivity contribution in [2.45, 2.75) is 31.1 Å². The minimum atomic E-state index is -5.03. The molecule has 1 aliphatic rings. The summed E-state index contributed by atoms with van der Waals surface area (Å²) in [5.74, 6) is -2.15. The smallest absolute Gasteiger partial charge is 0.389 e. The molecule has 3 N–H and O–H groups in total. The van der Waals surface area contributed by atoms with Crippen molar-refractivity contribution in [3.05, 3.63) is 35.9 Å². The molecule has 0 radical (unpaired) electrons.